The van der Waals surface area contributed by atoms with Gasteiger partial charge in [-0.15, -0.1) is 24.0 Å². The number of benzene rings is 1. The number of likely N-dealkylation sites (tertiary alicyclic amines) is 1. The molecule has 29 heavy (non-hydrogen) atoms. The molecule has 1 aromatic heterocycles. The third-order valence-corrected chi connectivity index (χ3v) is 6.13. The number of aromatic nitrogens is 2. The minimum Gasteiger partial charge on any atom is -0.357 e. The molecule has 1 aliphatic carbocycles. The predicted molar refractivity (Wildman–Crippen MR) is 127 cm³/mol. The number of nitrogens with zero attached hydrogens (tertiary/aromatic N) is 4. The van der Waals surface area contributed by atoms with Gasteiger partial charge in [0.2, 0.25) is 0 Å². The second-order valence-corrected chi connectivity index (χ2v) is 8.08. The summed E-state index contributed by atoms with van der Waals surface area (Å²) in [5.74, 6) is 2.42. The first kappa shape index (κ1) is 22.1. The molecule has 158 valence electrons. The summed E-state index contributed by atoms with van der Waals surface area (Å²) in [7, 11) is 0. The van der Waals surface area contributed by atoms with Crippen molar-refractivity contribution in [3.8, 4) is 11.5 Å². The molecule has 1 spiro atoms. The zero-order valence-corrected chi connectivity index (χ0v) is 19.8. The van der Waals surface area contributed by atoms with Crippen LogP contribution in [-0.2, 0) is 12.8 Å². The van der Waals surface area contributed by atoms with Gasteiger partial charge in [-0.25, -0.2) is 0 Å². The first-order chi connectivity index (χ1) is 13.7. The molecule has 1 saturated carbocycles. The van der Waals surface area contributed by atoms with E-state index in [0.29, 0.717) is 11.3 Å². The number of aryl methyl sites for hydroxylation is 1. The molecule has 0 atom stereocenters. The lowest BCUT2D eigenvalue weighted by atomic mass is 9.68. The van der Waals surface area contributed by atoms with E-state index in [2.05, 4.69) is 51.5 Å². The minimum atomic E-state index is 0. The molecule has 4 rings (SSSR count). The van der Waals surface area contributed by atoms with Gasteiger partial charge in [0, 0.05) is 38.2 Å². The fourth-order valence-electron chi connectivity index (χ4n) is 4.25. The van der Waals surface area contributed by atoms with Crippen LogP contribution in [0.4, 0.5) is 0 Å². The van der Waals surface area contributed by atoms with Crippen molar-refractivity contribution in [1.29, 1.82) is 0 Å². The molecule has 1 aliphatic heterocycles. The van der Waals surface area contributed by atoms with Gasteiger partial charge in [0.15, 0.2) is 11.8 Å². The van der Waals surface area contributed by atoms with Crippen LogP contribution >= 0.6 is 24.0 Å². The van der Waals surface area contributed by atoms with Gasteiger partial charge >= 0.3 is 0 Å². The van der Waals surface area contributed by atoms with Crippen LogP contribution in [0, 0.1) is 5.41 Å². The molecule has 0 bridgehead atoms. The van der Waals surface area contributed by atoms with E-state index >= 15 is 0 Å². The van der Waals surface area contributed by atoms with Gasteiger partial charge in [0.25, 0.3) is 5.89 Å². The second kappa shape index (κ2) is 9.91. The number of rotatable bonds is 6. The SMILES string of the molecule is CCNC(=NCCc1ccc(-c2nc(CC)no2)cc1)N1CCC2(CCC2)C1.I. The first-order valence-corrected chi connectivity index (χ1v) is 10.7. The van der Waals surface area contributed by atoms with Crippen molar-refractivity contribution in [3.63, 3.8) is 0 Å². The van der Waals surface area contributed by atoms with Crippen LogP contribution in [0.5, 0.6) is 0 Å². The lowest BCUT2D eigenvalue weighted by molar-refractivity contribution is 0.151. The molecular formula is C22H32IN5O. The van der Waals surface area contributed by atoms with Crippen molar-refractivity contribution in [3.05, 3.63) is 35.7 Å². The Labute approximate surface area is 190 Å². The van der Waals surface area contributed by atoms with Crippen molar-refractivity contribution in [2.75, 3.05) is 26.2 Å². The van der Waals surface area contributed by atoms with Crippen LogP contribution < -0.4 is 5.32 Å². The number of hydrogen-bond acceptors (Lipinski definition) is 4. The highest BCUT2D eigenvalue weighted by Crippen LogP contribution is 2.47. The third-order valence-electron chi connectivity index (χ3n) is 6.13. The number of nitrogens with one attached hydrogen (secondary N) is 1. The molecule has 0 radical (unpaired) electrons. The Balaban J connectivity index is 0.00000240. The van der Waals surface area contributed by atoms with E-state index in [0.717, 1.165) is 49.8 Å². The summed E-state index contributed by atoms with van der Waals surface area (Å²) in [5, 5.41) is 7.45. The van der Waals surface area contributed by atoms with Crippen molar-refractivity contribution < 1.29 is 4.52 Å². The van der Waals surface area contributed by atoms with E-state index in [1.54, 1.807) is 0 Å². The van der Waals surface area contributed by atoms with Crippen LogP contribution in [0.15, 0.2) is 33.8 Å². The van der Waals surface area contributed by atoms with Gasteiger partial charge in [-0.3, -0.25) is 4.99 Å². The summed E-state index contributed by atoms with van der Waals surface area (Å²) in [4.78, 5) is 11.8. The lowest BCUT2D eigenvalue weighted by Crippen LogP contribution is -2.42. The number of halogens is 1. The average molecular weight is 509 g/mol. The monoisotopic (exact) mass is 509 g/mol. The largest absolute Gasteiger partial charge is 0.357 e. The van der Waals surface area contributed by atoms with Gasteiger partial charge in [0.1, 0.15) is 0 Å². The van der Waals surface area contributed by atoms with Gasteiger partial charge in [-0.1, -0.05) is 30.6 Å². The second-order valence-electron chi connectivity index (χ2n) is 8.08. The van der Waals surface area contributed by atoms with Crippen LogP contribution in [0.25, 0.3) is 11.5 Å². The van der Waals surface area contributed by atoms with Gasteiger partial charge in [-0.05, 0) is 55.7 Å². The Morgan fingerprint density at radius 3 is 2.59 bits per heavy atom. The zero-order valence-electron chi connectivity index (χ0n) is 17.5. The van der Waals surface area contributed by atoms with E-state index in [1.807, 2.05) is 6.92 Å². The van der Waals surface area contributed by atoms with E-state index in [9.17, 15) is 0 Å². The summed E-state index contributed by atoms with van der Waals surface area (Å²) in [6.45, 7) is 8.20. The number of aliphatic imine (C=N–C) groups is 1. The molecule has 2 aliphatic rings. The van der Waals surface area contributed by atoms with Crippen LogP contribution in [-0.4, -0.2) is 47.2 Å². The van der Waals surface area contributed by atoms with Gasteiger partial charge < -0.3 is 14.7 Å². The van der Waals surface area contributed by atoms with E-state index in [-0.39, 0.29) is 24.0 Å². The lowest BCUT2D eigenvalue weighted by Gasteiger charge is -2.38. The summed E-state index contributed by atoms with van der Waals surface area (Å²) in [6, 6.07) is 8.37. The Morgan fingerprint density at radius 1 is 1.21 bits per heavy atom. The molecule has 1 N–H and O–H groups in total. The van der Waals surface area contributed by atoms with E-state index in [4.69, 9.17) is 9.52 Å². The Kier molecular flexibility index (Phi) is 7.54. The van der Waals surface area contributed by atoms with Crippen LogP contribution in [0.3, 0.4) is 0 Å². The molecule has 1 saturated heterocycles. The Bertz CT molecular complexity index is 813. The standard InChI is InChI=1S/C22H31N5O.HI/c1-3-19-25-20(28-26-19)18-8-6-17(7-9-18)10-14-24-21(23-4-2)27-15-13-22(16-27)11-5-12-22;/h6-9H,3-5,10-16H2,1-2H3,(H,23,24);1H. The topological polar surface area (TPSA) is 66.5 Å². The number of guanidine groups is 1. The molecule has 7 heteroatoms. The normalized spacial score (nSPS) is 17.9. The fraction of sp³-hybridized carbons (Fsp3) is 0.591. The summed E-state index contributed by atoms with van der Waals surface area (Å²) in [5.41, 5.74) is 2.84. The van der Waals surface area contributed by atoms with E-state index < -0.39 is 0 Å². The summed E-state index contributed by atoms with van der Waals surface area (Å²) < 4.78 is 5.31. The van der Waals surface area contributed by atoms with Gasteiger partial charge in [0.05, 0.1) is 0 Å². The number of hydrogen-bond donors (Lipinski definition) is 1. The van der Waals surface area contributed by atoms with Crippen molar-refractivity contribution in [1.82, 2.24) is 20.4 Å². The highest BCUT2D eigenvalue weighted by molar-refractivity contribution is 14.0. The average Bonchev–Trinajstić information content (AvgIpc) is 3.35. The maximum absolute atomic E-state index is 5.31. The Morgan fingerprint density at radius 2 is 2.00 bits per heavy atom. The third kappa shape index (κ3) is 5.10. The molecular weight excluding hydrogens is 477 g/mol. The zero-order chi connectivity index (χ0) is 19.4. The summed E-state index contributed by atoms with van der Waals surface area (Å²) in [6.07, 6.45) is 7.24. The molecule has 2 aromatic rings. The smallest absolute Gasteiger partial charge is 0.257 e. The minimum absolute atomic E-state index is 0. The quantitative estimate of drug-likeness (QED) is 0.358. The maximum Gasteiger partial charge on any atom is 0.257 e. The van der Waals surface area contributed by atoms with Gasteiger partial charge in [-0.2, -0.15) is 4.98 Å². The molecule has 0 unspecified atom stereocenters. The van der Waals surface area contributed by atoms with Crippen molar-refractivity contribution in [2.24, 2.45) is 10.4 Å². The molecule has 6 nitrogen and oxygen atoms in total. The highest BCUT2D eigenvalue weighted by Gasteiger charge is 2.43. The first-order valence-electron chi connectivity index (χ1n) is 10.7. The predicted octanol–water partition coefficient (Wildman–Crippen LogP) is 4.30. The van der Waals surface area contributed by atoms with Crippen molar-refractivity contribution >= 4 is 29.9 Å². The molecule has 2 heterocycles. The summed E-state index contributed by atoms with van der Waals surface area (Å²) >= 11 is 0. The van der Waals surface area contributed by atoms with Crippen LogP contribution in [0.2, 0.25) is 0 Å². The van der Waals surface area contributed by atoms with Crippen LogP contribution in [0.1, 0.15) is 50.9 Å². The van der Waals surface area contributed by atoms with E-state index in [1.165, 1.54) is 37.8 Å². The maximum atomic E-state index is 5.31. The molecule has 2 fully saturated rings. The van der Waals surface area contributed by atoms with Crippen molar-refractivity contribution in [2.45, 2.75) is 52.4 Å². The molecule has 1 aromatic carbocycles. The highest BCUT2D eigenvalue weighted by atomic mass is 127. The Hall–Kier alpha value is -1.64. The molecule has 0 amide bonds. The fourth-order valence-corrected chi connectivity index (χ4v) is 4.25.